The number of rotatable bonds is 8. The molecule has 0 spiro atoms. The zero-order chi connectivity index (χ0) is 28.4. The smallest absolute Gasteiger partial charge is 0.267 e. The number of aliphatic hydroxyl groups excluding tert-OH is 1. The lowest BCUT2D eigenvalue weighted by Crippen LogP contribution is -2.39. The van der Waals surface area contributed by atoms with E-state index in [9.17, 15) is 19.1 Å². The first-order valence-electron chi connectivity index (χ1n) is 13.6. The summed E-state index contributed by atoms with van der Waals surface area (Å²) in [7, 11) is 0. The summed E-state index contributed by atoms with van der Waals surface area (Å²) in [6.07, 6.45) is 3.26. The van der Waals surface area contributed by atoms with Crippen molar-refractivity contribution in [1.82, 2.24) is 24.3 Å². The molecule has 4 heterocycles. The Labute approximate surface area is 232 Å². The molecular weight excluding hydrogens is 512 g/mol. The minimum absolute atomic E-state index is 0.116. The highest BCUT2D eigenvalue weighted by Gasteiger charge is 2.27. The molecule has 40 heavy (non-hydrogen) atoms. The van der Waals surface area contributed by atoms with Crippen LogP contribution in [0.2, 0.25) is 0 Å². The van der Waals surface area contributed by atoms with Crippen molar-refractivity contribution in [3.05, 3.63) is 77.2 Å². The molecule has 0 saturated carbocycles. The van der Waals surface area contributed by atoms with Crippen LogP contribution in [0.4, 0.5) is 14.7 Å². The summed E-state index contributed by atoms with van der Waals surface area (Å²) in [5, 5.41) is 23.9. The molecule has 0 bridgehead atoms. The molecule has 1 aliphatic rings. The number of hydrogen-bond acceptors (Lipinski definition) is 7. The standard InChI is InChI=1S/C30H33F2N7O/c1-18(2)38-13-10-22(11-14-38)27(40)21-8-6-20(7-9-21)19(3)36-30-35-16-23(15-33)26(37-30)25-17-34-29-24(28(31)32)5-4-12-39(25)29/h4-9,12,16-19,22,27-28,40H,10-11,13-14H2,1-3H3,(H,35,36,37)/t19-,27?/m0/s1. The van der Waals surface area contributed by atoms with Gasteiger partial charge in [0.15, 0.2) is 0 Å². The predicted octanol–water partition coefficient (Wildman–Crippen LogP) is 5.93. The maximum absolute atomic E-state index is 13.5. The summed E-state index contributed by atoms with van der Waals surface area (Å²) >= 11 is 0. The Morgan fingerprint density at radius 2 is 1.73 bits per heavy atom. The Hall–Kier alpha value is -3.94. The maximum Gasteiger partial charge on any atom is 0.267 e. The summed E-state index contributed by atoms with van der Waals surface area (Å²) in [6.45, 7) is 8.40. The lowest BCUT2D eigenvalue weighted by molar-refractivity contribution is 0.0499. The molecule has 1 unspecified atom stereocenters. The number of hydrogen-bond donors (Lipinski definition) is 2. The molecule has 1 aromatic carbocycles. The van der Waals surface area contributed by atoms with E-state index in [2.05, 4.69) is 45.1 Å². The molecule has 1 aliphatic heterocycles. The number of nitrogens with one attached hydrogen (secondary N) is 1. The number of piperidine rings is 1. The number of aromatic nitrogens is 4. The third-order valence-electron chi connectivity index (χ3n) is 7.83. The van der Waals surface area contributed by atoms with Crippen LogP contribution in [0.15, 0.2) is 55.0 Å². The van der Waals surface area contributed by atoms with Crippen LogP contribution < -0.4 is 5.32 Å². The van der Waals surface area contributed by atoms with Gasteiger partial charge in [-0.2, -0.15) is 5.26 Å². The SMILES string of the molecule is CC(C)N1CCC(C(O)c2ccc([C@H](C)Nc3ncc(C#N)c(-c4cnc5c(C(F)F)cccn45)n3)cc2)CC1. The molecule has 5 rings (SSSR count). The third-order valence-corrected chi connectivity index (χ3v) is 7.83. The van der Waals surface area contributed by atoms with Gasteiger partial charge in [-0.1, -0.05) is 24.3 Å². The highest BCUT2D eigenvalue weighted by atomic mass is 19.3. The monoisotopic (exact) mass is 545 g/mol. The molecule has 0 radical (unpaired) electrons. The van der Waals surface area contributed by atoms with Gasteiger partial charge in [-0.05, 0) is 75.9 Å². The Balaban J connectivity index is 1.32. The highest BCUT2D eigenvalue weighted by molar-refractivity contribution is 5.68. The first-order valence-corrected chi connectivity index (χ1v) is 13.6. The Kier molecular flexibility index (Phi) is 8.05. The molecule has 2 N–H and O–H groups in total. The van der Waals surface area contributed by atoms with Crippen molar-refractivity contribution < 1.29 is 13.9 Å². The summed E-state index contributed by atoms with van der Waals surface area (Å²) in [6, 6.07) is 13.2. The van der Waals surface area contributed by atoms with E-state index in [0.717, 1.165) is 37.1 Å². The van der Waals surface area contributed by atoms with Gasteiger partial charge in [0.2, 0.25) is 5.95 Å². The predicted molar refractivity (Wildman–Crippen MR) is 149 cm³/mol. The van der Waals surface area contributed by atoms with Gasteiger partial charge in [-0.3, -0.25) is 4.40 Å². The average molecular weight is 546 g/mol. The number of likely N-dealkylation sites (tertiary alicyclic amines) is 1. The van der Waals surface area contributed by atoms with Gasteiger partial charge in [0.1, 0.15) is 17.4 Å². The van der Waals surface area contributed by atoms with Gasteiger partial charge >= 0.3 is 0 Å². The quantitative estimate of drug-likeness (QED) is 0.283. The van der Waals surface area contributed by atoms with E-state index in [0.29, 0.717) is 23.4 Å². The van der Waals surface area contributed by atoms with E-state index in [1.54, 1.807) is 6.20 Å². The van der Waals surface area contributed by atoms with E-state index in [-0.39, 0.29) is 28.7 Å². The minimum Gasteiger partial charge on any atom is -0.388 e. The number of alkyl halides is 2. The second-order valence-electron chi connectivity index (χ2n) is 10.6. The van der Waals surface area contributed by atoms with E-state index in [1.165, 1.54) is 28.9 Å². The van der Waals surface area contributed by atoms with Crippen molar-refractivity contribution in [1.29, 1.82) is 5.26 Å². The largest absolute Gasteiger partial charge is 0.388 e. The molecule has 1 fully saturated rings. The fourth-order valence-electron chi connectivity index (χ4n) is 5.39. The molecule has 1 saturated heterocycles. The number of imidazole rings is 1. The number of aliphatic hydroxyl groups is 1. The number of fused-ring (bicyclic) bond motifs is 1. The van der Waals surface area contributed by atoms with Gasteiger partial charge in [0, 0.05) is 12.2 Å². The number of nitriles is 1. The fraction of sp³-hybridized carbons (Fsp3) is 0.400. The van der Waals surface area contributed by atoms with E-state index < -0.39 is 12.5 Å². The van der Waals surface area contributed by atoms with Crippen molar-refractivity contribution in [3.8, 4) is 17.5 Å². The molecule has 4 aromatic rings. The van der Waals surface area contributed by atoms with Gasteiger partial charge in [-0.15, -0.1) is 0 Å². The zero-order valence-corrected chi connectivity index (χ0v) is 22.8. The molecule has 208 valence electrons. The fourth-order valence-corrected chi connectivity index (χ4v) is 5.39. The van der Waals surface area contributed by atoms with Crippen LogP contribution in [0, 0.1) is 17.2 Å². The molecule has 8 nitrogen and oxygen atoms in total. The van der Waals surface area contributed by atoms with Crippen LogP contribution in [0.25, 0.3) is 17.0 Å². The molecule has 10 heteroatoms. The van der Waals surface area contributed by atoms with E-state index in [4.69, 9.17) is 0 Å². The number of halogens is 2. The average Bonchev–Trinajstić information content (AvgIpc) is 3.41. The zero-order valence-electron chi connectivity index (χ0n) is 22.8. The highest BCUT2D eigenvalue weighted by Crippen LogP contribution is 2.33. The van der Waals surface area contributed by atoms with Crippen LogP contribution in [0.3, 0.4) is 0 Å². The van der Waals surface area contributed by atoms with E-state index in [1.807, 2.05) is 31.2 Å². The Morgan fingerprint density at radius 3 is 2.38 bits per heavy atom. The minimum atomic E-state index is -2.68. The van der Waals surface area contributed by atoms with Gasteiger partial charge in [0.05, 0.1) is 41.4 Å². The van der Waals surface area contributed by atoms with Crippen LogP contribution in [0.5, 0.6) is 0 Å². The molecule has 2 atom stereocenters. The molecular formula is C30H33F2N7O. The first kappa shape index (κ1) is 27.6. The summed E-state index contributed by atoms with van der Waals surface area (Å²) in [5.41, 5.74) is 2.74. The summed E-state index contributed by atoms with van der Waals surface area (Å²) in [4.78, 5) is 15.5. The lowest BCUT2D eigenvalue weighted by Gasteiger charge is -2.36. The number of anilines is 1. The molecule has 0 aliphatic carbocycles. The topological polar surface area (TPSA) is 102 Å². The van der Waals surface area contributed by atoms with Crippen molar-refractivity contribution in [3.63, 3.8) is 0 Å². The maximum atomic E-state index is 13.5. The summed E-state index contributed by atoms with van der Waals surface area (Å²) in [5.74, 6) is 0.542. The van der Waals surface area contributed by atoms with E-state index >= 15 is 0 Å². The second kappa shape index (κ2) is 11.7. The lowest BCUT2D eigenvalue weighted by atomic mass is 9.86. The van der Waals surface area contributed by atoms with Crippen molar-refractivity contribution in [2.75, 3.05) is 18.4 Å². The molecule has 3 aromatic heterocycles. The van der Waals surface area contributed by atoms with Crippen molar-refractivity contribution >= 4 is 11.6 Å². The van der Waals surface area contributed by atoms with Gasteiger partial charge in [-0.25, -0.2) is 23.7 Å². The number of benzene rings is 1. The van der Waals surface area contributed by atoms with Crippen LogP contribution in [-0.2, 0) is 0 Å². The third kappa shape index (κ3) is 5.53. The normalized spacial score (nSPS) is 16.4. The second-order valence-corrected chi connectivity index (χ2v) is 10.6. The van der Waals surface area contributed by atoms with Crippen molar-refractivity contribution in [2.24, 2.45) is 5.92 Å². The number of pyridine rings is 1. The Bertz CT molecular complexity index is 1510. The van der Waals surface area contributed by atoms with Crippen LogP contribution in [0.1, 0.15) is 74.4 Å². The Morgan fingerprint density at radius 1 is 1.02 bits per heavy atom. The van der Waals surface area contributed by atoms with Gasteiger partial charge in [0.25, 0.3) is 6.43 Å². The number of nitrogens with zero attached hydrogens (tertiary/aromatic N) is 6. The van der Waals surface area contributed by atoms with Crippen LogP contribution in [-0.4, -0.2) is 48.5 Å². The first-order chi connectivity index (χ1) is 19.3. The van der Waals surface area contributed by atoms with Crippen molar-refractivity contribution in [2.45, 2.75) is 58.2 Å². The molecule has 0 amide bonds. The summed E-state index contributed by atoms with van der Waals surface area (Å²) < 4.78 is 28.4. The van der Waals surface area contributed by atoms with Gasteiger partial charge < -0.3 is 15.3 Å². The van der Waals surface area contributed by atoms with Crippen LogP contribution >= 0.6 is 0 Å².